The van der Waals surface area contributed by atoms with E-state index in [1.54, 1.807) is 0 Å². The van der Waals surface area contributed by atoms with Gasteiger partial charge in [-0.2, -0.15) is 11.8 Å². The van der Waals surface area contributed by atoms with E-state index in [2.05, 4.69) is 22.8 Å². The van der Waals surface area contributed by atoms with Gasteiger partial charge in [0.1, 0.15) is 0 Å². The summed E-state index contributed by atoms with van der Waals surface area (Å²) in [6, 6.07) is 4.77. The molecule has 0 aliphatic carbocycles. The smallest absolute Gasteiger partial charge is 0.0822 e. The Balaban J connectivity index is 1.91. The van der Waals surface area contributed by atoms with Gasteiger partial charge in [0.25, 0.3) is 0 Å². The summed E-state index contributed by atoms with van der Waals surface area (Å²) >= 11 is 3.83. The summed E-state index contributed by atoms with van der Waals surface area (Å²) in [5.41, 5.74) is 0. The fourth-order valence-electron chi connectivity index (χ4n) is 1.80. The van der Waals surface area contributed by atoms with Crippen LogP contribution < -0.4 is 5.32 Å². The predicted molar refractivity (Wildman–Crippen MR) is 67.9 cm³/mol. The summed E-state index contributed by atoms with van der Waals surface area (Å²) in [7, 11) is 2.03. The van der Waals surface area contributed by atoms with Crippen LogP contribution in [0.1, 0.15) is 4.88 Å². The topological polar surface area (TPSA) is 21.3 Å². The molecule has 1 N–H and O–H groups in total. The Morgan fingerprint density at radius 2 is 2.60 bits per heavy atom. The van der Waals surface area contributed by atoms with Crippen molar-refractivity contribution < 1.29 is 4.74 Å². The van der Waals surface area contributed by atoms with E-state index in [-0.39, 0.29) is 0 Å². The first-order chi connectivity index (χ1) is 7.40. The van der Waals surface area contributed by atoms with Gasteiger partial charge in [0.05, 0.1) is 12.7 Å². The van der Waals surface area contributed by atoms with Gasteiger partial charge in [-0.05, 0) is 24.9 Å². The molecular formula is C11H17NOS2. The molecule has 1 fully saturated rings. The van der Waals surface area contributed by atoms with Crippen LogP contribution in [-0.2, 0) is 11.2 Å². The molecule has 2 heterocycles. The lowest BCUT2D eigenvalue weighted by Gasteiger charge is -2.29. The third-order valence-corrected chi connectivity index (χ3v) is 4.58. The number of nitrogens with one attached hydrogen (secondary N) is 1. The van der Waals surface area contributed by atoms with Gasteiger partial charge in [0.15, 0.2) is 0 Å². The van der Waals surface area contributed by atoms with Crippen LogP contribution in [0.5, 0.6) is 0 Å². The third kappa shape index (κ3) is 3.21. The van der Waals surface area contributed by atoms with Gasteiger partial charge < -0.3 is 10.1 Å². The average molecular weight is 243 g/mol. The Hall–Kier alpha value is -0.0300. The molecule has 1 aliphatic rings. The lowest BCUT2D eigenvalue weighted by atomic mass is 10.1. The molecule has 0 saturated carbocycles. The Morgan fingerprint density at radius 3 is 3.20 bits per heavy atom. The van der Waals surface area contributed by atoms with Crippen molar-refractivity contribution in [2.45, 2.75) is 18.6 Å². The molecule has 2 unspecified atom stereocenters. The van der Waals surface area contributed by atoms with E-state index in [0.717, 1.165) is 24.5 Å². The van der Waals surface area contributed by atoms with Gasteiger partial charge in [0, 0.05) is 22.4 Å². The molecule has 2 nitrogen and oxygen atoms in total. The third-order valence-electron chi connectivity index (χ3n) is 2.66. The molecule has 15 heavy (non-hydrogen) atoms. The van der Waals surface area contributed by atoms with Crippen molar-refractivity contribution in [1.29, 1.82) is 0 Å². The van der Waals surface area contributed by atoms with Crippen molar-refractivity contribution in [3.8, 4) is 0 Å². The molecule has 0 aromatic carbocycles. The molecule has 2 rings (SSSR count). The van der Waals surface area contributed by atoms with Gasteiger partial charge in [-0.3, -0.25) is 0 Å². The summed E-state index contributed by atoms with van der Waals surface area (Å²) in [6.45, 7) is 0.901. The van der Waals surface area contributed by atoms with Crippen LogP contribution in [0.3, 0.4) is 0 Å². The van der Waals surface area contributed by atoms with E-state index in [1.165, 1.54) is 4.88 Å². The fourth-order valence-corrected chi connectivity index (χ4v) is 3.51. The van der Waals surface area contributed by atoms with Crippen molar-refractivity contribution in [1.82, 2.24) is 5.32 Å². The second kappa shape index (κ2) is 5.89. The van der Waals surface area contributed by atoms with Gasteiger partial charge >= 0.3 is 0 Å². The zero-order chi connectivity index (χ0) is 10.5. The molecule has 84 valence electrons. The molecule has 1 aliphatic heterocycles. The Kier molecular flexibility index (Phi) is 4.50. The lowest BCUT2D eigenvalue weighted by Crippen LogP contribution is -2.44. The molecule has 4 heteroatoms. The van der Waals surface area contributed by atoms with Crippen LogP contribution in [0.2, 0.25) is 0 Å². The highest BCUT2D eigenvalue weighted by molar-refractivity contribution is 7.99. The Labute approximate surface area is 99.4 Å². The van der Waals surface area contributed by atoms with E-state index >= 15 is 0 Å². The summed E-state index contributed by atoms with van der Waals surface area (Å²) in [5, 5.41) is 5.52. The van der Waals surface area contributed by atoms with Gasteiger partial charge in [-0.1, -0.05) is 6.07 Å². The van der Waals surface area contributed by atoms with Crippen LogP contribution in [-0.4, -0.2) is 37.3 Å². The van der Waals surface area contributed by atoms with Crippen LogP contribution in [0.15, 0.2) is 17.5 Å². The van der Waals surface area contributed by atoms with Gasteiger partial charge in [-0.15, -0.1) is 11.3 Å². The maximum atomic E-state index is 5.80. The fraction of sp³-hybridized carbons (Fsp3) is 0.636. The number of hydrogen-bond donors (Lipinski definition) is 1. The number of ether oxygens (including phenoxy) is 1. The Morgan fingerprint density at radius 1 is 1.67 bits per heavy atom. The summed E-state index contributed by atoms with van der Waals surface area (Å²) in [4.78, 5) is 1.44. The number of likely N-dealkylation sites (N-methyl/N-ethyl adjacent to an activating group) is 1. The summed E-state index contributed by atoms with van der Waals surface area (Å²) in [5.74, 6) is 2.27. The standard InChI is InChI=1S/C11H17NOS2/c1-12-10(7-9-3-2-5-15-9)11-8-14-6-4-13-11/h2-3,5,10-12H,4,6-8H2,1H3. The van der Waals surface area contributed by atoms with E-state index in [1.807, 2.05) is 30.1 Å². The highest BCUT2D eigenvalue weighted by Crippen LogP contribution is 2.19. The molecular weight excluding hydrogens is 226 g/mol. The maximum Gasteiger partial charge on any atom is 0.0822 e. The van der Waals surface area contributed by atoms with E-state index < -0.39 is 0 Å². The van der Waals surface area contributed by atoms with Crippen molar-refractivity contribution >= 4 is 23.1 Å². The first-order valence-electron chi connectivity index (χ1n) is 5.29. The van der Waals surface area contributed by atoms with E-state index in [4.69, 9.17) is 4.74 Å². The van der Waals surface area contributed by atoms with Crippen molar-refractivity contribution in [2.24, 2.45) is 0 Å². The van der Waals surface area contributed by atoms with Crippen molar-refractivity contribution in [3.63, 3.8) is 0 Å². The largest absolute Gasteiger partial charge is 0.375 e. The van der Waals surface area contributed by atoms with Gasteiger partial charge in [0.2, 0.25) is 0 Å². The second-order valence-corrected chi connectivity index (χ2v) is 5.84. The zero-order valence-corrected chi connectivity index (χ0v) is 10.6. The van der Waals surface area contributed by atoms with Crippen molar-refractivity contribution in [2.75, 3.05) is 25.2 Å². The highest BCUT2D eigenvalue weighted by Gasteiger charge is 2.23. The van der Waals surface area contributed by atoms with Crippen molar-refractivity contribution in [3.05, 3.63) is 22.4 Å². The lowest BCUT2D eigenvalue weighted by molar-refractivity contribution is 0.0494. The maximum absolute atomic E-state index is 5.80. The van der Waals surface area contributed by atoms with Crippen LogP contribution in [0, 0.1) is 0 Å². The van der Waals surface area contributed by atoms with E-state index in [0.29, 0.717) is 12.1 Å². The molecule has 1 aromatic heterocycles. The van der Waals surface area contributed by atoms with Crippen LogP contribution >= 0.6 is 23.1 Å². The first kappa shape index (κ1) is 11.5. The highest BCUT2D eigenvalue weighted by atomic mass is 32.2. The molecule has 0 bridgehead atoms. The Bertz CT molecular complexity index is 270. The number of thioether (sulfide) groups is 1. The van der Waals surface area contributed by atoms with Crippen LogP contribution in [0.25, 0.3) is 0 Å². The van der Waals surface area contributed by atoms with Gasteiger partial charge in [-0.25, -0.2) is 0 Å². The monoisotopic (exact) mass is 243 g/mol. The molecule has 0 amide bonds. The predicted octanol–water partition coefficient (Wildman–Crippen LogP) is 2.01. The molecule has 0 spiro atoms. The minimum Gasteiger partial charge on any atom is -0.375 e. The number of hydrogen-bond acceptors (Lipinski definition) is 4. The molecule has 2 atom stereocenters. The minimum absolute atomic E-state index is 0.371. The second-order valence-electron chi connectivity index (χ2n) is 3.66. The average Bonchev–Trinajstić information content (AvgIpc) is 2.80. The molecule has 1 aromatic rings. The SMILES string of the molecule is CNC(Cc1cccs1)C1CSCCO1. The zero-order valence-electron chi connectivity index (χ0n) is 8.94. The minimum atomic E-state index is 0.371. The first-order valence-corrected chi connectivity index (χ1v) is 7.32. The number of rotatable bonds is 4. The summed E-state index contributed by atoms with van der Waals surface area (Å²) < 4.78 is 5.80. The molecule has 1 saturated heterocycles. The normalized spacial score (nSPS) is 23.9. The number of thiophene rings is 1. The summed E-state index contributed by atoms with van der Waals surface area (Å²) in [6.07, 6.45) is 1.45. The van der Waals surface area contributed by atoms with Crippen LogP contribution in [0.4, 0.5) is 0 Å². The van der Waals surface area contributed by atoms with E-state index in [9.17, 15) is 0 Å². The molecule has 0 radical (unpaired) electrons. The quantitative estimate of drug-likeness (QED) is 0.874.